The Labute approximate surface area is 116 Å². The maximum atomic E-state index is 12.6. The number of nitrogens with one attached hydrogen (secondary N) is 1. The van der Waals surface area contributed by atoms with E-state index in [1.54, 1.807) is 12.1 Å². The highest BCUT2D eigenvalue weighted by atomic mass is 19.1. The van der Waals surface area contributed by atoms with Crippen LogP contribution >= 0.6 is 0 Å². The molecule has 7 heteroatoms. The second-order valence-corrected chi connectivity index (χ2v) is 3.97. The van der Waals surface area contributed by atoms with Crippen molar-refractivity contribution in [2.24, 2.45) is 5.73 Å². The van der Waals surface area contributed by atoms with E-state index in [4.69, 9.17) is 20.7 Å². The number of hydrogen-bond acceptors (Lipinski definition) is 4. The molecule has 20 heavy (non-hydrogen) atoms. The Morgan fingerprint density at radius 3 is 2.30 bits per heavy atom. The molecule has 1 atom stereocenters. The van der Waals surface area contributed by atoms with Gasteiger partial charge < -0.3 is 21.3 Å². The summed E-state index contributed by atoms with van der Waals surface area (Å²) in [6.45, 7) is 1.16. The normalized spacial score (nSPS) is 11.0. The Morgan fingerprint density at radius 1 is 1.35 bits per heavy atom. The minimum atomic E-state index is -0.833. The average Bonchev–Trinajstić information content (AvgIpc) is 2.38. The molecular formula is C13H19FN2O4. The van der Waals surface area contributed by atoms with E-state index in [-0.39, 0.29) is 24.9 Å². The molecule has 0 saturated heterocycles. The van der Waals surface area contributed by atoms with Gasteiger partial charge in [0.25, 0.3) is 5.97 Å². The van der Waals surface area contributed by atoms with E-state index in [0.717, 1.165) is 12.5 Å². The topological polar surface area (TPSA) is 113 Å². The third-order valence-electron chi connectivity index (χ3n) is 2.12. The highest BCUT2D eigenvalue weighted by Gasteiger charge is 2.13. The Hall–Kier alpha value is -1.99. The number of halogens is 1. The molecule has 1 rings (SSSR count). The molecule has 1 amide bonds. The third kappa shape index (κ3) is 9.01. The van der Waals surface area contributed by atoms with E-state index in [0.29, 0.717) is 6.42 Å². The van der Waals surface area contributed by atoms with Gasteiger partial charge in [-0.15, -0.1) is 0 Å². The molecule has 0 bridgehead atoms. The first kappa shape index (κ1) is 18.0. The van der Waals surface area contributed by atoms with E-state index in [1.165, 1.54) is 12.1 Å². The number of carboxylic acid groups (broad SMARTS) is 1. The summed E-state index contributed by atoms with van der Waals surface area (Å²) in [6.07, 6.45) is 0.345. The zero-order chi connectivity index (χ0) is 15.5. The highest BCUT2D eigenvalue weighted by molar-refractivity contribution is 5.81. The highest BCUT2D eigenvalue weighted by Crippen LogP contribution is 2.04. The lowest BCUT2D eigenvalue weighted by molar-refractivity contribution is -0.134. The summed E-state index contributed by atoms with van der Waals surface area (Å²) in [6, 6.07) is 5.15. The summed E-state index contributed by atoms with van der Waals surface area (Å²) in [5.41, 5.74) is 6.44. The molecule has 0 heterocycles. The molecule has 0 spiro atoms. The predicted octanol–water partition coefficient (Wildman–Crippen LogP) is -0.105. The number of amides is 1. The van der Waals surface area contributed by atoms with Crippen molar-refractivity contribution in [2.75, 3.05) is 13.2 Å². The third-order valence-corrected chi connectivity index (χ3v) is 2.12. The quantitative estimate of drug-likeness (QED) is 0.603. The van der Waals surface area contributed by atoms with E-state index >= 15 is 0 Å². The minimum Gasteiger partial charge on any atom is -0.481 e. The summed E-state index contributed by atoms with van der Waals surface area (Å²) >= 11 is 0. The summed E-state index contributed by atoms with van der Waals surface area (Å²) in [7, 11) is 0. The van der Waals surface area contributed by atoms with Crippen LogP contribution in [0.3, 0.4) is 0 Å². The number of carboxylic acids is 1. The average molecular weight is 286 g/mol. The van der Waals surface area contributed by atoms with Gasteiger partial charge in [-0.05, 0) is 24.1 Å². The smallest absolute Gasteiger partial charge is 0.300 e. The number of aliphatic carboxylic acids is 1. The van der Waals surface area contributed by atoms with Crippen molar-refractivity contribution in [3.8, 4) is 0 Å². The Balaban J connectivity index is 0.000000796. The fourth-order valence-electron chi connectivity index (χ4n) is 1.28. The van der Waals surface area contributed by atoms with Gasteiger partial charge in [0.1, 0.15) is 5.82 Å². The molecule has 1 aromatic rings. The summed E-state index contributed by atoms with van der Waals surface area (Å²) < 4.78 is 12.6. The molecule has 0 fully saturated rings. The molecule has 0 aliphatic heterocycles. The zero-order valence-electron chi connectivity index (χ0n) is 11.2. The summed E-state index contributed by atoms with van der Waals surface area (Å²) in [5.74, 6) is -1.47. The maximum Gasteiger partial charge on any atom is 0.300 e. The fourth-order valence-corrected chi connectivity index (χ4v) is 1.28. The number of carbonyl (C=O) groups excluding carboxylic acids is 1. The lowest BCUT2D eigenvalue weighted by atomic mass is 10.1. The standard InChI is InChI=1S/C11H15FN2O2.C2H4O2/c12-9-3-1-8(2-4-9)7-10(13)11(16)14-5-6-15;1-2(3)4/h1-4,10,15H,5-7,13H2,(H,14,16);1H3,(H,3,4). The van der Waals surface area contributed by atoms with Crippen molar-refractivity contribution in [3.63, 3.8) is 0 Å². The van der Waals surface area contributed by atoms with E-state index < -0.39 is 12.0 Å². The number of benzene rings is 1. The number of rotatable bonds is 5. The first-order chi connectivity index (χ1) is 9.36. The van der Waals surface area contributed by atoms with Gasteiger partial charge in [0.05, 0.1) is 12.6 Å². The molecule has 5 N–H and O–H groups in total. The number of carbonyl (C=O) groups is 2. The van der Waals surface area contributed by atoms with Gasteiger partial charge in [0.2, 0.25) is 5.91 Å². The van der Waals surface area contributed by atoms with Crippen molar-refractivity contribution < 1.29 is 24.2 Å². The van der Waals surface area contributed by atoms with Crippen LogP contribution in [0.2, 0.25) is 0 Å². The number of aliphatic hydroxyl groups is 1. The molecule has 6 nitrogen and oxygen atoms in total. The van der Waals surface area contributed by atoms with Gasteiger partial charge in [-0.1, -0.05) is 12.1 Å². The molecule has 0 aliphatic carbocycles. The van der Waals surface area contributed by atoms with Crippen molar-refractivity contribution >= 4 is 11.9 Å². The molecule has 0 aromatic heterocycles. The van der Waals surface area contributed by atoms with E-state index in [2.05, 4.69) is 5.32 Å². The first-order valence-electron chi connectivity index (χ1n) is 5.95. The van der Waals surface area contributed by atoms with Crippen molar-refractivity contribution in [1.82, 2.24) is 5.32 Å². The van der Waals surface area contributed by atoms with Crippen LogP contribution in [0.4, 0.5) is 4.39 Å². The van der Waals surface area contributed by atoms with Gasteiger partial charge in [0.15, 0.2) is 0 Å². The van der Waals surface area contributed by atoms with Gasteiger partial charge >= 0.3 is 0 Å². The Bertz CT molecular complexity index is 419. The Kier molecular flexibility index (Phi) is 8.89. The summed E-state index contributed by atoms with van der Waals surface area (Å²) in [4.78, 5) is 20.4. The monoisotopic (exact) mass is 286 g/mol. The fraction of sp³-hybridized carbons (Fsp3) is 0.385. The number of hydrogen-bond donors (Lipinski definition) is 4. The van der Waals surface area contributed by atoms with Crippen molar-refractivity contribution in [2.45, 2.75) is 19.4 Å². The predicted molar refractivity (Wildman–Crippen MR) is 71.5 cm³/mol. The second-order valence-electron chi connectivity index (χ2n) is 3.97. The lowest BCUT2D eigenvalue weighted by Crippen LogP contribution is -2.42. The Morgan fingerprint density at radius 2 is 1.85 bits per heavy atom. The largest absolute Gasteiger partial charge is 0.481 e. The van der Waals surface area contributed by atoms with Crippen molar-refractivity contribution in [3.05, 3.63) is 35.6 Å². The molecule has 0 radical (unpaired) electrons. The van der Waals surface area contributed by atoms with Crippen LogP contribution in [-0.4, -0.2) is 41.3 Å². The van der Waals surface area contributed by atoms with Crippen molar-refractivity contribution in [1.29, 1.82) is 0 Å². The summed E-state index contributed by atoms with van der Waals surface area (Å²) in [5, 5.41) is 18.4. The molecule has 1 aromatic carbocycles. The molecule has 1 unspecified atom stereocenters. The minimum absolute atomic E-state index is 0.116. The zero-order valence-corrected chi connectivity index (χ0v) is 11.2. The maximum absolute atomic E-state index is 12.6. The van der Waals surface area contributed by atoms with Gasteiger partial charge in [-0.3, -0.25) is 9.59 Å². The molecule has 0 aliphatic rings. The van der Waals surface area contributed by atoms with Gasteiger partial charge in [-0.2, -0.15) is 0 Å². The molecular weight excluding hydrogens is 267 g/mol. The van der Waals surface area contributed by atoms with Gasteiger partial charge in [0, 0.05) is 13.5 Å². The van der Waals surface area contributed by atoms with Gasteiger partial charge in [-0.25, -0.2) is 4.39 Å². The molecule has 112 valence electrons. The van der Waals surface area contributed by atoms with Crippen LogP contribution < -0.4 is 11.1 Å². The van der Waals surface area contributed by atoms with Crippen LogP contribution in [0.1, 0.15) is 12.5 Å². The SMILES string of the molecule is CC(=O)O.NC(Cc1ccc(F)cc1)C(=O)NCCO. The van der Waals surface area contributed by atoms with Crippen LogP contribution in [0.25, 0.3) is 0 Å². The first-order valence-corrected chi connectivity index (χ1v) is 5.95. The van der Waals surface area contributed by atoms with Crippen LogP contribution in [0.15, 0.2) is 24.3 Å². The number of aliphatic hydroxyl groups excluding tert-OH is 1. The number of nitrogens with two attached hydrogens (primary N) is 1. The van der Waals surface area contributed by atoms with Crippen LogP contribution in [0, 0.1) is 5.82 Å². The van der Waals surface area contributed by atoms with Crippen LogP contribution in [0.5, 0.6) is 0 Å². The van der Waals surface area contributed by atoms with E-state index in [1.807, 2.05) is 0 Å². The molecule has 0 saturated carbocycles. The second kappa shape index (κ2) is 9.88. The van der Waals surface area contributed by atoms with Crippen LogP contribution in [-0.2, 0) is 16.0 Å². The van der Waals surface area contributed by atoms with E-state index in [9.17, 15) is 9.18 Å². The lowest BCUT2D eigenvalue weighted by Gasteiger charge is -2.11.